The standard InChI is InChI=1S/C17H29N3S/c1-12-7-9-20(10-8-12)16-19-15(17(2,3)4)14(21-16)11-18-13-5-6-13/h12-13,18H,5-11H2,1-4H3. The molecular weight excluding hydrogens is 278 g/mol. The maximum Gasteiger partial charge on any atom is 0.185 e. The third kappa shape index (κ3) is 3.78. The molecule has 0 aromatic carbocycles. The van der Waals surface area contributed by atoms with E-state index in [-0.39, 0.29) is 5.41 Å². The predicted molar refractivity (Wildman–Crippen MR) is 91.3 cm³/mol. The van der Waals surface area contributed by atoms with Crippen molar-refractivity contribution in [3.05, 3.63) is 10.6 Å². The number of hydrogen-bond acceptors (Lipinski definition) is 4. The maximum absolute atomic E-state index is 5.03. The van der Waals surface area contributed by atoms with Crippen LogP contribution in [0.4, 0.5) is 5.13 Å². The van der Waals surface area contributed by atoms with Crippen molar-refractivity contribution in [2.24, 2.45) is 5.92 Å². The van der Waals surface area contributed by atoms with Crippen LogP contribution in [0.3, 0.4) is 0 Å². The minimum Gasteiger partial charge on any atom is -0.348 e. The lowest BCUT2D eigenvalue weighted by Gasteiger charge is -2.30. The van der Waals surface area contributed by atoms with Gasteiger partial charge >= 0.3 is 0 Å². The van der Waals surface area contributed by atoms with Gasteiger partial charge in [0.15, 0.2) is 5.13 Å². The molecule has 21 heavy (non-hydrogen) atoms. The minimum atomic E-state index is 0.137. The van der Waals surface area contributed by atoms with Gasteiger partial charge in [-0.2, -0.15) is 0 Å². The quantitative estimate of drug-likeness (QED) is 0.913. The minimum absolute atomic E-state index is 0.137. The van der Waals surface area contributed by atoms with Gasteiger partial charge in [-0.15, -0.1) is 11.3 Å². The van der Waals surface area contributed by atoms with Crippen LogP contribution in [0.5, 0.6) is 0 Å². The molecule has 2 fully saturated rings. The molecule has 0 unspecified atom stereocenters. The number of rotatable bonds is 4. The molecule has 1 aliphatic heterocycles. The van der Waals surface area contributed by atoms with Crippen molar-refractivity contribution in [1.82, 2.24) is 10.3 Å². The molecule has 1 aromatic heterocycles. The fourth-order valence-electron chi connectivity index (χ4n) is 2.90. The molecular formula is C17H29N3S. The second-order valence-electron chi connectivity index (χ2n) is 7.84. The van der Waals surface area contributed by atoms with Gasteiger partial charge in [-0.3, -0.25) is 0 Å². The Bertz CT molecular complexity index is 477. The third-order valence-corrected chi connectivity index (χ3v) is 5.70. The zero-order valence-corrected chi connectivity index (χ0v) is 14.7. The number of anilines is 1. The Balaban J connectivity index is 1.77. The molecule has 1 N–H and O–H groups in total. The van der Waals surface area contributed by atoms with E-state index in [1.54, 1.807) is 0 Å². The highest BCUT2D eigenvalue weighted by molar-refractivity contribution is 7.15. The molecule has 0 bridgehead atoms. The SMILES string of the molecule is CC1CCN(c2nc(C(C)(C)C)c(CNC3CC3)s2)CC1. The number of hydrogen-bond donors (Lipinski definition) is 1. The second-order valence-corrected chi connectivity index (χ2v) is 8.91. The average Bonchev–Trinajstić information content (AvgIpc) is 3.14. The summed E-state index contributed by atoms with van der Waals surface area (Å²) >= 11 is 1.92. The summed E-state index contributed by atoms with van der Waals surface area (Å²) < 4.78 is 0. The van der Waals surface area contributed by atoms with Gasteiger partial charge in [0.05, 0.1) is 5.69 Å². The molecule has 1 aliphatic carbocycles. The lowest BCUT2D eigenvalue weighted by atomic mass is 9.91. The summed E-state index contributed by atoms with van der Waals surface area (Å²) in [7, 11) is 0. The number of nitrogens with one attached hydrogen (secondary N) is 1. The van der Waals surface area contributed by atoms with Crippen LogP contribution in [0.1, 0.15) is 63.9 Å². The summed E-state index contributed by atoms with van der Waals surface area (Å²) in [6.07, 6.45) is 5.31. The normalized spacial score (nSPS) is 21.0. The van der Waals surface area contributed by atoms with Gasteiger partial charge in [0.2, 0.25) is 0 Å². The first-order valence-corrected chi connectivity index (χ1v) is 9.23. The van der Waals surface area contributed by atoms with Crippen LogP contribution in [0.2, 0.25) is 0 Å². The molecule has 2 heterocycles. The van der Waals surface area contributed by atoms with E-state index in [1.807, 2.05) is 11.3 Å². The summed E-state index contributed by atoms with van der Waals surface area (Å²) in [6.45, 7) is 12.6. The molecule has 118 valence electrons. The molecule has 0 spiro atoms. The zero-order valence-electron chi connectivity index (χ0n) is 13.9. The van der Waals surface area contributed by atoms with Crippen molar-refractivity contribution >= 4 is 16.5 Å². The number of nitrogens with zero attached hydrogens (tertiary/aromatic N) is 2. The molecule has 0 amide bonds. The zero-order chi connectivity index (χ0) is 15.0. The Morgan fingerprint density at radius 1 is 1.19 bits per heavy atom. The van der Waals surface area contributed by atoms with Crippen molar-refractivity contribution in [2.75, 3.05) is 18.0 Å². The third-order valence-electron chi connectivity index (χ3n) is 4.58. The first kappa shape index (κ1) is 15.3. The van der Waals surface area contributed by atoms with Gasteiger partial charge in [0.25, 0.3) is 0 Å². The molecule has 1 saturated carbocycles. The van der Waals surface area contributed by atoms with E-state index in [0.717, 1.165) is 18.5 Å². The highest BCUT2D eigenvalue weighted by Crippen LogP contribution is 2.35. The van der Waals surface area contributed by atoms with Crippen LogP contribution in [0.25, 0.3) is 0 Å². The van der Waals surface area contributed by atoms with E-state index >= 15 is 0 Å². The van der Waals surface area contributed by atoms with Gasteiger partial charge in [0.1, 0.15) is 0 Å². The number of thiazole rings is 1. The Morgan fingerprint density at radius 3 is 2.43 bits per heavy atom. The Morgan fingerprint density at radius 2 is 1.86 bits per heavy atom. The molecule has 3 nitrogen and oxygen atoms in total. The lowest BCUT2D eigenvalue weighted by Crippen LogP contribution is -2.32. The van der Waals surface area contributed by atoms with E-state index in [4.69, 9.17) is 4.98 Å². The first-order valence-electron chi connectivity index (χ1n) is 8.42. The summed E-state index contributed by atoms with van der Waals surface area (Å²) in [5.41, 5.74) is 1.44. The lowest BCUT2D eigenvalue weighted by molar-refractivity contribution is 0.437. The van der Waals surface area contributed by atoms with Crippen molar-refractivity contribution in [3.63, 3.8) is 0 Å². The van der Waals surface area contributed by atoms with E-state index in [1.165, 1.54) is 54.5 Å². The summed E-state index contributed by atoms with van der Waals surface area (Å²) in [5, 5.41) is 4.91. The summed E-state index contributed by atoms with van der Waals surface area (Å²) in [6, 6.07) is 0.763. The van der Waals surface area contributed by atoms with E-state index in [2.05, 4.69) is 37.9 Å². The topological polar surface area (TPSA) is 28.2 Å². The van der Waals surface area contributed by atoms with Gasteiger partial charge < -0.3 is 10.2 Å². The molecule has 2 aliphatic rings. The molecule has 0 radical (unpaired) electrons. The van der Waals surface area contributed by atoms with E-state index < -0.39 is 0 Å². The van der Waals surface area contributed by atoms with Crippen molar-refractivity contribution in [2.45, 2.75) is 71.4 Å². The van der Waals surface area contributed by atoms with Crippen molar-refractivity contribution < 1.29 is 0 Å². The Hall–Kier alpha value is -0.610. The Labute approximate surface area is 133 Å². The molecule has 3 rings (SSSR count). The molecule has 1 aromatic rings. The van der Waals surface area contributed by atoms with E-state index in [0.29, 0.717) is 0 Å². The van der Waals surface area contributed by atoms with Crippen LogP contribution in [0.15, 0.2) is 0 Å². The monoisotopic (exact) mass is 307 g/mol. The van der Waals surface area contributed by atoms with Gasteiger partial charge in [-0.25, -0.2) is 4.98 Å². The number of aromatic nitrogens is 1. The molecule has 4 heteroatoms. The Kier molecular flexibility index (Phi) is 4.28. The highest BCUT2D eigenvalue weighted by atomic mass is 32.1. The van der Waals surface area contributed by atoms with Gasteiger partial charge in [0, 0.05) is 36.0 Å². The molecule has 0 atom stereocenters. The summed E-state index contributed by atoms with van der Waals surface area (Å²) in [5.74, 6) is 0.874. The first-order chi connectivity index (χ1) is 9.93. The van der Waals surface area contributed by atoms with Crippen LogP contribution < -0.4 is 10.2 Å². The molecule has 1 saturated heterocycles. The second kappa shape index (κ2) is 5.88. The van der Waals surface area contributed by atoms with Crippen LogP contribution in [-0.4, -0.2) is 24.1 Å². The maximum atomic E-state index is 5.03. The van der Waals surface area contributed by atoms with Gasteiger partial charge in [-0.05, 0) is 31.6 Å². The smallest absolute Gasteiger partial charge is 0.185 e. The van der Waals surface area contributed by atoms with Crippen molar-refractivity contribution in [1.29, 1.82) is 0 Å². The number of piperidine rings is 1. The van der Waals surface area contributed by atoms with Gasteiger partial charge in [-0.1, -0.05) is 27.7 Å². The van der Waals surface area contributed by atoms with Crippen LogP contribution in [0, 0.1) is 5.92 Å². The van der Waals surface area contributed by atoms with E-state index in [9.17, 15) is 0 Å². The largest absolute Gasteiger partial charge is 0.348 e. The summed E-state index contributed by atoms with van der Waals surface area (Å²) in [4.78, 5) is 8.98. The van der Waals surface area contributed by atoms with Crippen molar-refractivity contribution in [3.8, 4) is 0 Å². The van der Waals surface area contributed by atoms with Crippen LogP contribution >= 0.6 is 11.3 Å². The highest BCUT2D eigenvalue weighted by Gasteiger charge is 2.28. The van der Waals surface area contributed by atoms with Crippen LogP contribution in [-0.2, 0) is 12.0 Å². The fourth-order valence-corrected chi connectivity index (χ4v) is 4.18. The predicted octanol–water partition coefficient (Wildman–Crippen LogP) is 3.93. The fraction of sp³-hybridized carbons (Fsp3) is 0.824. The average molecular weight is 308 g/mol.